The predicted octanol–water partition coefficient (Wildman–Crippen LogP) is 1.81. The summed E-state index contributed by atoms with van der Waals surface area (Å²) < 4.78 is 23.8. The van der Waals surface area contributed by atoms with Crippen molar-refractivity contribution in [3.05, 3.63) is 17.8 Å². The summed E-state index contributed by atoms with van der Waals surface area (Å²) in [5.41, 5.74) is 0.940. The number of hydrogen-bond acceptors (Lipinski definition) is 10. The quantitative estimate of drug-likeness (QED) is 0.531. The van der Waals surface area contributed by atoms with Crippen molar-refractivity contribution in [3.63, 3.8) is 0 Å². The number of nitriles is 1. The summed E-state index contributed by atoms with van der Waals surface area (Å²) in [6.07, 6.45) is 4.91. The number of anilines is 4. The molecule has 3 N–H and O–H groups in total. The number of aromatic nitrogens is 4. The first-order chi connectivity index (χ1) is 16.4. The largest absolute Gasteiger partial charge is 0.354 e. The molecule has 2 aromatic heterocycles. The van der Waals surface area contributed by atoms with E-state index >= 15 is 0 Å². The standard InChI is InChI=1S/C22H31N9O2S/c1-15-11-20(29-28-15)25-19-14-21(30-7-9-34(32,33)10-8-30)27-22(26-19)24-16-12-17-3-4-18(13-16)31(17)6-2-5-23/h11,14,16-18H,2-4,6-10,12-13H2,1H3,(H3,24,25,26,27,28,29)/t16-,17-,18+. The Morgan fingerprint density at radius 3 is 2.53 bits per heavy atom. The first-order valence-electron chi connectivity index (χ1n) is 11.9. The lowest BCUT2D eigenvalue weighted by molar-refractivity contribution is 0.135. The van der Waals surface area contributed by atoms with Gasteiger partial charge in [0.2, 0.25) is 5.95 Å². The molecule has 12 heteroatoms. The van der Waals surface area contributed by atoms with Crippen LogP contribution in [0.4, 0.5) is 23.4 Å². The van der Waals surface area contributed by atoms with Gasteiger partial charge in [-0.2, -0.15) is 20.3 Å². The minimum absolute atomic E-state index is 0.131. The minimum Gasteiger partial charge on any atom is -0.354 e. The third kappa shape index (κ3) is 5.10. The van der Waals surface area contributed by atoms with Gasteiger partial charge in [-0.1, -0.05) is 0 Å². The van der Waals surface area contributed by atoms with Gasteiger partial charge in [0, 0.05) is 62.0 Å². The molecule has 0 saturated carbocycles. The lowest BCUT2D eigenvalue weighted by atomic mass is 9.97. The van der Waals surface area contributed by atoms with Gasteiger partial charge in [0.1, 0.15) is 11.6 Å². The number of aromatic amines is 1. The highest BCUT2D eigenvalue weighted by atomic mass is 32.2. The molecule has 2 bridgehead atoms. The van der Waals surface area contributed by atoms with E-state index in [1.54, 1.807) is 0 Å². The fraction of sp³-hybridized carbons (Fsp3) is 0.636. The second-order valence-corrected chi connectivity index (χ2v) is 11.8. The topological polar surface area (TPSA) is 143 Å². The smallest absolute Gasteiger partial charge is 0.226 e. The Morgan fingerprint density at radius 2 is 1.88 bits per heavy atom. The Bertz CT molecular complexity index is 1150. The van der Waals surface area contributed by atoms with E-state index in [2.05, 4.69) is 31.8 Å². The molecule has 5 rings (SSSR count). The molecular weight excluding hydrogens is 454 g/mol. The van der Waals surface area contributed by atoms with Crippen LogP contribution in [0.1, 0.15) is 37.8 Å². The van der Waals surface area contributed by atoms with Crippen molar-refractivity contribution >= 4 is 33.2 Å². The predicted molar refractivity (Wildman–Crippen MR) is 130 cm³/mol. The van der Waals surface area contributed by atoms with E-state index < -0.39 is 9.84 Å². The molecule has 0 spiro atoms. The Kier molecular flexibility index (Phi) is 6.31. The molecule has 3 saturated heterocycles. The minimum atomic E-state index is -2.98. The van der Waals surface area contributed by atoms with Gasteiger partial charge in [-0.05, 0) is 32.6 Å². The number of piperidine rings is 1. The van der Waals surface area contributed by atoms with Crippen LogP contribution in [0.3, 0.4) is 0 Å². The zero-order valence-corrected chi connectivity index (χ0v) is 20.2. The summed E-state index contributed by atoms with van der Waals surface area (Å²) >= 11 is 0. The summed E-state index contributed by atoms with van der Waals surface area (Å²) in [6, 6.07) is 7.26. The Hall–Kier alpha value is -2.91. The number of rotatable bonds is 7. The zero-order chi connectivity index (χ0) is 23.7. The van der Waals surface area contributed by atoms with E-state index in [9.17, 15) is 8.42 Å². The third-order valence-corrected chi connectivity index (χ3v) is 8.65. The third-order valence-electron chi connectivity index (χ3n) is 7.04. The molecule has 182 valence electrons. The molecule has 0 aromatic carbocycles. The molecule has 0 amide bonds. The van der Waals surface area contributed by atoms with Crippen molar-refractivity contribution in [2.24, 2.45) is 0 Å². The SMILES string of the molecule is Cc1cc(Nc2cc(N3CCS(=O)(=O)CC3)nc(N[C@@H]3C[C@H]4CC[C@@H](C3)N4CCC#N)n2)n[nH]1. The molecule has 34 heavy (non-hydrogen) atoms. The van der Waals surface area contributed by atoms with Crippen molar-refractivity contribution in [3.8, 4) is 6.07 Å². The number of hydrogen-bond donors (Lipinski definition) is 3. The number of fused-ring (bicyclic) bond motifs is 2. The van der Waals surface area contributed by atoms with Gasteiger partial charge < -0.3 is 15.5 Å². The van der Waals surface area contributed by atoms with Crippen molar-refractivity contribution in [2.75, 3.05) is 46.7 Å². The Morgan fingerprint density at radius 1 is 1.15 bits per heavy atom. The number of nitrogens with zero attached hydrogens (tertiary/aromatic N) is 6. The second-order valence-electron chi connectivity index (χ2n) is 9.48. The maximum absolute atomic E-state index is 11.9. The van der Waals surface area contributed by atoms with Crippen LogP contribution in [0.15, 0.2) is 12.1 Å². The highest BCUT2D eigenvalue weighted by Gasteiger charge is 2.40. The maximum Gasteiger partial charge on any atom is 0.226 e. The summed E-state index contributed by atoms with van der Waals surface area (Å²) in [6.45, 7) is 3.61. The lowest BCUT2D eigenvalue weighted by Gasteiger charge is -2.39. The molecule has 5 heterocycles. The van der Waals surface area contributed by atoms with Crippen LogP contribution in [0.2, 0.25) is 0 Å². The van der Waals surface area contributed by atoms with Gasteiger partial charge in [0.15, 0.2) is 15.7 Å². The lowest BCUT2D eigenvalue weighted by Crippen LogP contribution is -2.47. The molecule has 0 unspecified atom stereocenters. The van der Waals surface area contributed by atoms with E-state index in [1.807, 2.05) is 24.0 Å². The molecule has 0 radical (unpaired) electrons. The van der Waals surface area contributed by atoms with Crippen molar-refractivity contribution in [1.29, 1.82) is 5.26 Å². The average molecular weight is 486 g/mol. The van der Waals surface area contributed by atoms with Gasteiger partial charge in [-0.25, -0.2) is 8.42 Å². The highest BCUT2D eigenvalue weighted by Crippen LogP contribution is 2.37. The van der Waals surface area contributed by atoms with Crippen LogP contribution in [0, 0.1) is 18.3 Å². The van der Waals surface area contributed by atoms with Crippen LogP contribution in [-0.4, -0.2) is 82.7 Å². The van der Waals surface area contributed by atoms with E-state index in [1.165, 1.54) is 12.8 Å². The summed E-state index contributed by atoms with van der Waals surface area (Å²) in [5, 5.41) is 22.9. The maximum atomic E-state index is 11.9. The van der Waals surface area contributed by atoms with Gasteiger partial charge in [0.05, 0.1) is 17.6 Å². The number of sulfone groups is 1. The van der Waals surface area contributed by atoms with Crippen LogP contribution in [0.25, 0.3) is 0 Å². The molecular formula is C22H31N9O2S. The first kappa shape index (κ1) is 22.9. The van der Waals surface area contributed by atoms with Gasteiger partial charge in [-0.15, -0.1) is 0 Å². The normalized spacial score (nSPS) is 26.2. The molecule has 3 aliphatic heterocycles. The average Bonchev–Trinajstić information content (AvgIpc) is 3.30. The van der Waals surface area contributed by atoms with Gasteiger partial charge >= 0.3 is 0 Å². The number of nitrogens with one attached hydrogen (secondary N) is 3. The van der Waals surface area contributed by atoms with Crippen LogP contribution < -0.4 is 15.5 Å². The first-order valence-corrected chi connectivity index (χ1v) is 13.7. The number of H-pyrrole nitrogens is 1. The Balaban J connectivity index is 1.34. The molecule has 3 aliphatic rings. The molecule has 11 nitrogen and oxygen atoms in total. The Labute approximate surface area is 199 Å². The van der Waals surface area contributed by atoms with E-state index in [0.717, 1.165) is 25.1 Å². The van der Waals surface area contributed by atoms with E-state index in [4.69, 9.17) is 15.2 Å². The fourth-order valence-electron chi connectivity index (χ4n) is 5.40. The molecule has 3 fully saturated rings. The van der Waals surface area contributed by atoms with Crippen molar-refractivity contribution < 1.29 is 8.42 Å². The monoisotopic (exact) mass is 485 g/mol. The second kappa shape index (κ2) is 9.38. The van der Waals surface area contributed by atoms with Crippen LogP contribution in [-0.2, 0) is 9.84 Å². The molecule has 3 atom stereocenters. The summed E-state index contributed by atoms with van der Waals surface area (Å²) in [7, 11) is -2.98. The van der Waals surface area contributed by atoms with Crippen molar-refractivity contribution in [1.82, 2.24) is 25.1 Å². The van der Waals surface area contributed by atoms with Gasteiger partial charge in [-0.3, -0.25) is 10.00 Å². The summed E-state index contributed by atoms with van der Waals surface area (Å²) in [5.74, 6) is 2.78. The van der Waals surface area contributed by atoms with E-state index in [0.29, 0.717) is 55.0 Å². The van der Waals surface area contributed by atoms with Gasteiger partial charge in [0.25, 0.3) is 0 Å². The molecule has 0 aliphatic carbocycles. The zero-order valence-electron chi connectivity index (χ0n) is 19.4. The number of aryl methyl sites for hydroxylation is 1. The van der Waals surface area contributed by atoms with E-state index in [-0.39, 0.29) is 17.5 Å². The fourth-order valence-corrected chi connectivity index (χ4v) is 6.60. The van der Waals surface area contributed by atoms with Crippen molar-refractivity contribution in [2.45, 2.75) is 57.2 Å². The highest BCUT2D eigenvalue weighted by molar-refractivity contribution is 7.91. The summed E-state index contributed by atoms with van der Waals surface area (Å²) in [4.78, 5) is 14.0. The molecule has 2 aromatic rings. The van der Waals surface area contributed by atoms with Crippen LogP contribution in [0.5, 0.6) is 0 Å². The van der Waals surface area contributed by atoms with Crippen LogP contribution >= 0.6 is 0 Å².